The molecule has 1 heterocycles. The van der Waals surface area contributed by atoms with E-state index in [0.717, 1.165) is 0 Å². The maximum absolute atomic E-state index is 3.44. The molecule has 2 nitrogen and oxygen atoms in total. The van der Waals surface area contributed by atoms with Crippen LogP contribution in [0.25, 0.3) is 0 Å². The van der Waals surface area contributed by atoms with E-state index in [1.807, 2.05) is 0 Å². The molecule has 0 amide bonds. The minimum absolute atomic E-state index is 0.468. The van der Waals surface area contributed by atoms with E-state index in [1.165, 1.54) is 45.2 Å². The van der Waals surface area contributed by atoms with Crippen molar-refractivity contribution in [2.24, 2.45) is 0 Å². The molecule has 1 saturated heterocycles. The standard InChI is InChI=1S/C13H28N2/c1-5-13(6-2,7-3)15-10-8-9-12(11-15)14-4/h12,14H,5-11H2,1-4H3. The summed E-state index contributed by atoms with van der Waals surface area (Å²) in [6.07, 6.45) is 6.57. The Morgan fingerprint density at radius 1 is 1.20 bits per heavy atom. The molecule has 90 valence electrons. The van der Waals surface area contributed by atoms with E-state index in [0.29, 0.717) is 11.6 Å². The van der Waals surface area contributed by atoms with Gasteiger partial charge in [-0.05, 0) is 45.7 Å². The number of piperidine rings is 1. The summed E-state index contributed by atoms with van der Waals surface area (Å²) in [6, 6.07) is 0.711. The van der Waals surface area contributed by atoms with Crippen molar-refractivity contribution in [1.82, 2.24) is 10.2 Å². The van der Waals surface area contributed by atoms with Gasteiger partial charge < -0.3 is 5.32 Å². The van der Waals surface area contributed by atoms with Gasteiger partial charge in [-0.15, -0.1) is 0 Å². The fourth-order valence-electron chi connectivity index (χ4n) is 3.06. The van der Waals surface area contributed by atoms with Gasteiger partial charge in [-0.3, -0.25) is 4.90 Å². The van der Waals surface area contributed by atoms with Crippen LogP contribution in [-0.2, 0) is 0 Å². The normalized spacial score (nSPS) is 24.4. The molecule has 0 saturated carbocycles. The fraction of sp³-hybridized carbons (Fsp3) is 1.00. The van der Waals surface area contributed by atoms with Crippen LogP contribution in [0.4, 0.5) is 0 Å². The molecule has 1 unspecified atom stereocenters. The van der Waals surface area contributed by atoms with Crippen molar-refractivity contribution in [3.8, 4) is 0 Å². The lowest BCUT2D eigenvalue weighted by Crippen LogP contribution is -2.55. The van der Waals surface area contributed by atoms with Gasteiger partial charge in [0.15, 0.2) is 0 Å². The van der Waals surface area contributed by atoms with E-state index >= 15 is 0 Å². The molecule has 0 aliphatic carbocycles. The Labute approximate surface area is 95.4 Å². The van der Waals surface area contributed by atoms with Crippen molar-refractivity contribution in [2.75, 3.05) is 20.1 Å². The van der Waals surface area contributed by atoms with E-state index in [-0.39, 0.29) is 0 Å². The SMILES string of the molecule is CCC(CC)(CC)N1CCCC(NC)C1. The van der Waals surface area contributed by atoms with Crippen LogP contribution in [0.1, 0.15) is 52.9 Å². The molecule has 0 aromatic carbocycles. The molecule has 1 aliphatic heterocycles. The highest BCUT2D eigenvalue weighted by Crippen LogP contribution is 2.30. The minimum atomic E-state index is 0.468. The molecule has 1 rings (SSSR count). The van der Waals surface area contributed by atoms with Crippen molar-refractivity contribution in [3.05, 3.63) is 0 Å². The van der Waals surface area contributed by atoms with Crippen LogP contribution in [0.2, 0.25) is 0 Å². The van der Waals surface area contributed by atoms with E-state index in [4.69, 9.17) is 0 Å². The third-order valence-electron chi connectivity index (χ3n) is 4.47. The lowest BCUT2D eigenvalue weighted by Gasteiger charge is -2.47. The van der Waals surface area contributed by atoms with Crippen LogP contribution in [-0.4, -0.2) is 36.6 Å². The second kappa shape index (κ2) is 5.86. The van der Waals surface area contributed by atoms with Crippen LogP contribution >= 0.6 is 0 Å². The quantitative estimate of drug-likeness (QED) is 0.753. The number of nitrogens with zero attached hydrogens (tertiary/aromatic N) is 1. The molecule has 1 atom stereocenters. The second-order valence-electron chi connectivity index (χ2n) is 4.86. The van der Waals surface area contributed by atoms with Crippen molar-refractivity contribution in [2.45, 2.75) is 64.5 Å². The maximum Gasteiger partial charge on any atom is 0.0202 e. The topological polar surface area (TPSA) is 15.3 Å². The van der Waals surface area contributed by atoms with Crippen LogP contribution in [0.15, 0.2) is 0 Å². The smallest absolute Gasteiger partial charge is 0.0202 e. The first-order valence-corrected chi connectivity index (χ1v) is 6.64. The number of nitrogens with one attached hydrogen (secondary N) is 1. The average molecular weight is 212 g/mol. The van der Waals surface area contributed by atoms with Crippen molar-refractivity contribution >= 4 is 0 Å². The molecule has 1 aliphatic rings. The zero-order valence-electron chi connectivity index (χ0n) is 11.0. The number of hydrogen-bond donors (Lipinski definition) is 1. The molecule has 0 bridgehead atoms. The van der Waals surface area contributed by atoms with Crippen molar-refractivity contribution in [1.29, 1.82) is 0 Å². The Kier molecular flexibility index (Phi) is 5.07. The molecule has 2 heteroatoms. The van der Waals surface area contributed by atoms with E-state index in [1.54, 1.807) is 0 Å². The molecule has 0 radical (unpaired) electrons. The third-order valence-corrected chi connectivity index (χ3v) is 4.47. The van der Waals surface area contributed by atoms with Gasteiger partial charge in [0.1, 0.15) is 0 Å². The lowest BCUT2D eigenvalue weighted by molar-refractivity contribution is 0.0423. The van der Waals surface area contributed by atoms with E-state index < -0.39 is 0 Å². The largest absolute Gasteiger partial charge is 0.316 e. The fourth-order valence-corrected chi connectivity index (χ4v) is 3.06. The van der Waals surface area contributed by atoms with Crippen molar-refractivity contribution in [3.63, 3.8) is 0 Å². The summed E-state index contributed by atoms with van der Waals surface area (Å²) in [6.45, 7) is 9.57. The predicted molar refractivity (Wildman–Crippen MR) is 67.3 cm³/mol. The summed E-state index contributed by atoms with van der Waals surface area (Å²) in [7, 11) is 2.10. The van der Waals surface area contributed by atoms with Crippen LogP contribution in [0.3, 0.4) is 0 Å². The Morgan fingerprint density at radius 3 is 2.27 bits per heavy atom. The first-order chi connectivity index (χ1) is 7.22. The highest BCUT2D eigenvalue weighted by atomic mass is 15.2. The van der Waals surface area contributed by atoms with Gasteiger partial charge in [0, 0.05) is 18.1 Å². The molecule has 1 N–H and O–H groups in total. The third kappa shape index (κ3) is 2.73. The molecular weight excluding hydrogens is 184 g/mol. The van der Waals surface area contributed by atoms with Crippen LogP contribution in [0.5, 0.6) is 0 Å². The van der Waals surface area contributed by atoms with E-state index in [9.17, 15) is 0 Å². The van der Waals surface area contributed by atoms with Gasteiger partial charge in [0.2, 0.25) is 0 Å². The summed E-state index contributed by atoms with van der Waals surface area (Å²) in [5, 5.41) is 3.44. The number of rotatable bonds is 5. The van der Waals surface area contributed by atoms with Gasteiger partial charge in [-0.25, -0.2) is 0 Å². The average Bonchev–Trinajstić information content (AvgIpc) is 2.32. The Morgan fingerprint density at radius 2 is 1.80 bits per heavy atom. The highest BCUT2D eigenvalue weighted by Gasteiger charge is 2.34. The number of likely N-dealkylation sites (tertiary alicyclic amines) is 1. The van der Waals surface area contributed by atoms with Gasteiger partial charge in [0.05, 0.1) is 0 Å². The Hall–Kier alpha value is -0.0800. The number of hydrogen-bond acceptors (Lipinski definition) is 2. The van der Waals surface area contributed by atoms with Gasteiger partial charge in [-0.1, -0.05) is 20.8 Å². The monoisotopic (exact) mass is 212 g/mol. The first kappa shape index (κ1) is 13.0. The zero-order valence-corrected chi connectivity index (χ0v) is 11.0. The van der Waals surface area contributed by atoms with Crippen LogP contribution < -0.4 is 5.32 Å². The summed E-state index contributed by atoms with van der Waals surface area (Å²) in [5.41, 5.74) is 0.468. The zero-order chi connectivity index (χ0) is 11.3. The van der Waals surface area contributed by atoms with Crippen LogP contribution in [0, 0.1) is 0 Å². The summed E-state index contributed by atoms with van der Waals surface area (Å²) < 4.78 is 0. The molecule has 0 aromatic heterocycles. The second-order valence-corrected chi connectivity index (χ2v) is 4.86. The summed E-state index contributed by atoms with van der Waals surface area (Å²) in [4.78, 5) is 2.73. The Balaban J connectivity index is 2.66. The first-order valence-electron chi connectivity index (χ1n) is 6.64. The molecular formula is C13H28N2. The minimum Gasteiger partial charge on any atom is -0.316 e. The molecule has 1 fully saturated rings. The summed E-state index contributed by atoms with van der Waals surface area (Å²) in [5.74, 6) is 0. The molecule has 15 heavy (non-hydrogen) atoms. The van der Waals surface area contributed by atoms with Crippen molar-refractivity contribution < 1.29 is 0 Å². The van der Waals surface area contributed by atoms with Gasteiger partial charge in [0.25, 0.3) is 0 Å². The lowest BCUT2D eigenvalue weighted by atomic mass is 9.85. The molecule has 0 spiro atoms. The summed E-state index contributed by atoms with van der Waals surface area (Å²) >= 11 is 0. The van der Waals surface area contributed by atoms with Gasteiger partial charge >= 0.3 is 0 Å². The van der Waals surface area contributed by atoms with Gasteiger partial charge in [-0.2, -0.15) is 0 Å². The highest BCUT2D eigenvalue weighted by molar-refractivity contribution is 4.91. The maximum atomic E-state index is 3.44. The molecule has 0 aromatic rings. The Bertz CT molecular complexity index is 167. The predicted octanol–water partition coefficient (Wildman–Crippen LogP) is 2.64. The number of likely N-dealkylation sites (N-methyl/N-ethyl adjacent to an activating group) is 1. The van der Waals surface area contributed by atoms with E-state index in [2.05, 4.69) is 38.0 Å².